The summed E-state index contributed by atoms with van der Waals surface area (Å²) in [4.78, 5) is 3.39. The molecule has 1 N–H and O–H groups in total. The molecule has 0 unspecified atom stereocenters. The lowest BCUT2D eigenvalue weighted by Gasteiger charge is -2.31. The van der Waals surface area contributed by atoms with E-state index in [1.54, 1.807) is 11.8 Å². The third-order valence-electron chi connectivity index (χ3n) is 2.98. The summed E-state index contributed by atoms with van der Waals surface area (Å²) in [5.41, 5.74) is -0.966. The highest BCUT2D eigenvalue weighted by atomic mass is 32.2. The number of halogens is 3. The first-order chi connectivity index (χ1) is 8.30. The van der Waals surface area contributed by atoms with E-state index >= 15 is 0 Å². The van der Waals surface area contributed by atoms with Gasteiger partial charge in [0.1, 0.15) is 5.82 Å². The van der Waals surface area contributed by atoms with Gasteiger partial charge in [0, 0.05) is 0 Å². The summed E-state index contributed by atoms with van der Waals surface area (Å²) < 4.78 is 38.5. The maximum atomic E-state index is 12.5. The molecule has 1 aliphatic heterocycles. The van der Waals surface area contributed by atoms with E-state index < -0.39 is 17.6 Å². The highest BCUT2D eigenvalue weighted by molar-refractivity contribution is 7.99. The molecule has 2 rings (SSSR count). The lowest BCUT2D eigenvalue weighted by molar-refractivity contribution is -0.145. The minimum atomic E-state index is -4.54. The van der Waals surface area contributed by atoms with E-state index in [2.05, 4.69) is 10.1 Å². The Labute approximate surface area is 107 Å². The molecular formula is C10H14F3N3OS. The molecule has 0 saturated carbocycles. The van der Waals surface area contributed by atoms with E-state index in [4.69, 9.17) is 0 Å². The number of hydrogen-bond donors (Lipinski definition) is 1. The van der Waals surface area contributed by atoms with E-state index in [0.717, 1.165) is 16.2 Å². The fraction of sp³-hybridized carbons (Fsp3) is 0.800. The normalized spacial score (nSPS) is 20.1. The molecule has 2 heterocycles. The maximum Gasteiger partial charge on any atom is 0.453 e. The van der Waals surface area contributed by atoms with E-state index in [1.165, 1.54) is 6.92 Å². The Morgan fingerprint density at radius 1 is 1.39 bits per heavy atom. The molecule has 8 heteroatoms. The molecule has 1 saturated heterocycles. The molecule has 4 nitrogen and oxygen atoms in total. The van der Waals surface area contributed by atoms with Crippen LogP contribution in [0.25, 0.3) is 0 Å². The van der Waals surface area contributed by atoms with Crippen molar-refractivity contribution in [3.8, 4) is 0 Å². The molecule has 1 aliphatic rings. The molecule has 0 amide bonds. The second kappa shape index (κ2) is 4.73. The number of alkyl halides is 3. The van der Waals surface area contributed by atoms with Gasteiger partial charge >= 0.3 is 6.18 Å². The van der Waals surface area contributed by atoms with Crippen LogP contribution >= 0.6 is 11.8 Å². The zero-order valence-electron chi connectivity index (χ0n) is 9.87. The van der Waals surface area contributed by atoms with E-state index in [-0.39, 0.29) is 12.4 Å². The molecule has 18 heavy (non-hydrogen) atoms. The monoisotopic (exact) mass is 281 g/mol. The molecule has 1 aromatic rings. The first-order valence-electron chi connectivity index (χ1n) is 5.59. The minimum absolute atomic E-state index is 0.0719. The number of thioether (sulfide) groups is 1. The predicted molar refractivity (Wildman–Crippen MR) is 61.3 cm³/mol. The van der Waals surface area contributed by atoms with Gasteiger partial charge in [-0.2, -0.15) is 24.9 Å². The third kappa shape index (κ3) is 2.97. The van der Waals surface area contributed by atoms with Gasteiger partial charge in [-0.15, -0.1) is 5.10 Å². The smallest absolute Gasteiger partial charge is 0.388 e. The number of hydrogen-bond acceptors (Lipinski definition) is 4. The number of aryl methyl sites for hydroxylation is 1. The zero-order valence-corrected chi connectivity index (χ0v) is 10.7. The van der Waals surface area contributed by atoms with Crippen LogP contribution in [0.2, 0.25) is 0 Å². The first kappa shape index (κ1) is 13.7. The quantitative estimate of drug-likeness (QED) is 0.899. The van der Waals surface area contributed by atoms with Crippen LogP contribution in [-0.2, 0) is 12.7 Å². The third-order valence-corrected chi connectivity index (χ3v) is 3.96. The molecule has 102 valence electrons. The second-order valence-electron chi connectivity index (χ2n) is 4.47. The number of aliphatic hydroxyl groups is 1. The Balaban J connectivity index is 2.16. The molecule has 1 fully saturated rings. The number of nitrogens with zero attached hydrogens (tertiary/aromatic N) is 3. The van der Waals surface area contributed by atoms with Gasteiger partial charge in [-0.25, -0.2) is 9.67 Å². The fourth-order valence-corrected chi connectivity index (χ4v) is 3.13. The van der Waals surface area contributed by atoms with Crippen LogP contribution in [0.15, 0.2) is 0 Å². The van der Waals surface area contributed by atoms with Crippen molar-refractivity contribution in [3.63, 3.8) is 0 Å². The van der Waals surface area contributed by atoms with Crippen molar-refractivity contribution in [2.45, 2.75) is 38.1 Å². The Bertz CT molecular complexity index is 426. The summed E-state index contributed by atoms with van der Waals surface area (Å²) in [6.07, 6.45) is -3.41. The summed E-state index contributed by atoms with van der Waals surface area (Å²) in [5, 5.41) is 13.7. The molecule has 0 bridgehead atoms. The Kier molecular flexibility index (Phi) is 3.59. The predicted octanol–water partition coefficient (Wildman–Crippen LogP) is 1.86. The number of aromatic nitrogens is 3. The van der Waals surface area contributed by atoms with Crippen LogP contribution < -0.4 is 0 Å². The van der Waals surface area contributed by atoms with Gasteiger partial charge in [0.2, 0.25) is 0 Å². The topological polar surface area (TPSA) is 50.9 Å². The maximum absolute atomic E-state index is 12.5. The van der Waals surface area contributed by atoms with Crippen LogP contribution in [-0.4, -0.2) is 37.0 Å². The minimum Gasteiger partial charge on any atom is -0.388 e. The van der Waals surface area contributed by atoms with Gasteiger partial charge in [-0.1, -0.05) is 0 Å². The highest BCUT2D eigenvalue weighted by Gasteiger charge is 2.38. The number of rotatable bonds is 2. The standard InChI is InChI=1S/C10H14F3N3OS/c1-7-14-8(10(11,12)13)15-16(7)6-9(17)2-4-18-5-3-9/h17H,2-6H2,1H3. The highest BCUT2D eigenvalue weighted by Crippen LogP contribution is 2.30. The second-order valence-corrected chi connectivity index (χ2v) is 5.70. The molecule has 0 aliphatic carbocycles. The van der Waals surface area contributed by atoms with Crippen molar-refractivity contribution in [1.82, 2.24) is 14.8 Å². The molecule has 0 aromatic carbocycles. The lowest BCUT2D eigenvalue weighted by atomic mass is 9.97. The van der Waals surface area contributed by atoms with Crippen LogP contribution in [0.4, 0.5) is 13.2 Å². The van der Waals surface area contributed by atoms with Gasteiger partial charge < -0.3 is 5.11 Å². The van der Waals surface area contributed by atoms with Crippen molar-refractivity contribution in [1.29, 1.82) is 0 Å². The van der Waals surface area contributed by atoms with Crippen LogP contribution in [0, 0.1) is 6.92 Å². The van der Waals surface area contributed by atoms with E-state index in [1.807, 2.05) is 0 Å². The summed E-state index contributed by atoms with van der Waals surface area (Å²) in [7, 11) is 0. The SMILES string of the molecule is Cc1nc(C(F)(F)F)nn1CC1(O)CCSCC1. The van der Waals surface area contributed by atoms with Crippen molar-refractivity contribution in [3.05, 3.63) is 11.6 Å². The van der Waals surface area contributed by atoms with Crippen molar-refractivity contribution < 1.29 is 18.3 Å². The van der Waals surface area contributed by atoms with Crippen LogP contribution in [0.1, 0.15) is 24.5 Å². The van der Waals surface area contributed by atoms with Gasteiger partial charge in [0.15, 0.2) is 0 Å². The summed E-state index contributed by atoms with van der Waals surface area (Å²) >= 11 is 1.74. The zero-order chi connectivity index (χ0) is 13.4. The molecule has 0 radical (unpaired) electrons. The van der Waals surface area contributed by atoms with Crippen molar-refractivity contribution >= 4 is 11.8 Å². The lowest BCUT2D eigenvalue weighted by Crippen LogP contribution is -2.38. The molecule has 0 atom stereocenters. The van der Waals surface area contributed by atoms with E-state index in [0.29, 0.717) is 12.8 Å². The molecule has 1 aromatic heterocycles. The van der Waals surface area contributed by atoms with Crippen molar-refractivity contribution in [2.75, 3.05) is 11.5 Å². The van der Waals surface area contributed by atoms with Gasteiger partial charge in [-0.05, 0) is 31.3 Å². The van der Waals surface area contributed by atoms with Crippen LogP contribution in [0.3, 0.4) is 0 Å². The fourth-order valence-electron chi connectivity index (χ4n) is 1.88. The van der Waals surface area contributed by atoms with E-state index in [9.17, 15) is 18.3 Å². The van der Waals surface area contributed by atoms with Gasteiger partial charge in [-0.3, -0.25) is 0 Å². The first-order valence-corrected chi connectivity index (χ1v) is 6.74. The summed E-state index contributed by atoms with van der Waals surface area (Å²) in [5.74, 6) is 0.662. The molecule has 0 spiro atoms. The molecular weight excluding hydrogens is 267 g/mol. The van der Waals surface area contributed by atoms with Gasteiger partial charge in [0.25, 0.3) is 5.82 Å². The summed E-state index contributed by atoms with van der Waals surface area (Å²) in [6.45, 7) is 1.53. The van der Waals surface area contributed by atoms with Crippen molar-refractivity contribution in [2.24, 2.45) is 0 Å². The van der Waals surface area contributed by atoms with Crippen LogP contribution in [0.5, 0.6) is 0 Å². The average Bonchev–Trinajstić information content (AvgIpc) is 2.60. The van der Waals surface area contributed by atoms with Gasteiger partial charge in [0.05, 0.1) is 12.1 Å². The Morgan fingerprint density at radius 2 is 2.00 bits per heavy atom. The summed E-state index contributed by atoms with van der Waals surface area (Å²) in [6, 6.07) is 0. The Morgan fingerprint density at radius 3 is 2.50 bits per heavy atom. The average molecular weight is 281 g/mol. The largest absolute Gasteiger partial charge is 0.453 e. The Hall–Kier alpha value is -0.760.